The van der Waals surface area contributed by atoms with E-state index in [2.05, 4.69) is 32.2 Å². The molecule has 0 amide bonds. The molecule has 2 heterocycles. The summed E-state index contributed by atoms with van der Waals surface area (Å²) in [6.07, 6.45) is 0. The molecule has 0 bridgehead atoms. The summed E-state index contributed by atoms with van der Waals surface area (Å²) in [4.78, 5) is 0. The van der Waals surface area contributed by atoms with Crippen LogP contribution in [0.4, 0.5) is 0 Å². The quantitative estimate of drug-likeness (QED) is 0.530. The third kappa shape index (κ3) is 4.09. The van der Waals surface area contributed by atoms with E-state index in [9.17, 15) is 5.26 Å². The Hall–Kier alpha value is -3.44. The van der Waals surface area contributed by atoms with Gasteiger partial charge in [-0.05, 0) is 49.2 Å². The number of benzene rings is 2. The summed E-state index contributed by atoms with van der Waals surface area (Å²) in [7, 11) is 0. The molecule has 0 saturated carbocycles. The Labute approximate surface area is 188 Å². The first kappa shape index (κ1) is 20.8. The number of nitrogens with zero attached hydrogens (tertiary/aromatic N) is 2. The molecular formula is C23H21BrN4O3. The lowest BCUT2D eigenvalue weighted by molar-refractivity contribution is 0.269. The molecule has 1 aliphatic heterocycles. The number of aromatic amines is 1. The van der Waals surface area contributed by atoms with Gasteiger partial charge in [0.05, 0.1) is 12.5 Å². The molecule has 0 aliphatic carbocycles. The van der Waals surface area contributed by atoms with Crippen molar-refractivity contribution < 1.29 is 14.2 Å². The molecule has 1 aliphatic rings. The molecule has 3 aromatic rings. The van der Waals surface area contributed by atoms with Gasteiger partial charge in [0.1, 0.15) is 18.2 Å². The van der Waals surface area contributed by atoms with Crippen LogP contribution in [0, 0.1) is 18.3 Å². The molecule has 158 valence electrons. The number of aryl methyl sites for hydroxylation is 1. The van der Waals surface area contributed by atoms with Crippen molar-refractivity contribution in [2.24, 2.45) is 5.73 Å². The lowest BCUT2D eigenvalue weighted by Gasteiger charge is -2.24. The highest BCUT2D eigenvalue weighted by Gasteiger charge is 2.34. The zero-order valence-electron chi connectivity index (χ0n) is 17.1. The number of nitrogens with one attached hydrogen (secondary N) is 1. The third-order valence-electron chi connectivity index (χ3n) is 5.04. The van der Waals surface area contributed by atoms with Gasteiger partial charge < -0.3 is 19.9 Å². The molecular weight excluding hydrogens is 460 g/mol. The maximum atomic E-state index is 9.75. The van der Waals surface area contributed by atoms with Crippen LogP contribution in [0.2, 0.25) is 0 Å². The average molecular weight is 481 g/mol. The number of H-pyrrole nitrogens is 1. The highest BCUT2D eigenvalue weighted by molar-refractivity contribution is 9.10. The molecule has 7 nitrogen and oxygen atoms in total. The number of fused-ring (bicyclic) bond motifs is 1. The van der Waals surface area contributed by atoms with E-state index in [1.165, 1.54) is 0 Å². The van der Waals surface area contributed by atoms with Crippen LogP contribution < -0.4 is 19.9 Å². The number of hydrogen-bond donors (Lipinski definition) is 2. The largest absolute Gasteiger partial charge is 0.490 e. The van der Waals surface area contributed by atoms with Gasteiger partial charge in [-0.2, -0.15) is 5.26 Å². The van der Waals surface area contributed by atoms with Gasteiger partial charge in [0.15, 0.2) is 11.5 Å². The maximum absolute atomic E-state index is 9.75. The minimum absolute atomic E-state index is 0.0556. The van der Waals surface area contributed by atoms with Crippen molar-refractivity contribution in [1.29, 1.82) is 5.26 Å². The number of nitrogens with two attached hydrogens (primary N) is 1. The Morgan fingerprint density at radius 3 is 2.68 bits per heavy atom. The van der Waals surface area contributed by atoms with Gasteiger partial charge >= 0.3 is 0 Å². The minimum atomic E-state index is -0.410. The van der Waals surface area contributed by atoms with Crippen molar-refractivity contribution in [3.05, 3.63) is 80.8 Å². The van der Waals surface area contributed by atoms with E-state index < -0.39 is 5.92 Å². The molecule has 0 spiro atoms. The van der Waals surface area contributed by atoms with E-state index in [1.807, 2.05) is 56.3 Å². The smallest absolute Gasteiger partial charge is 0.244 e. The van der Waals surface area contributed by atoms with Crippen molar-refractivity contribution in [2.75, 3.05) is 6.61 Å². The first-order chi connectivity index (χ1) is 15.0. The standard InChI is InChI=1S/C23H21BrN4O3/c1-3-29-19-10-15(6-9-18(19)30-12-14-4-7-16(24)8-5-14)21-17(11-25)22(26)31-23-20(21)13(2)27-28-23/h4-10,21H,3,12,26H2,1-2H3,(H,27,28)/t21-/m1/s1. The van der Waals surface area contributed by atoms with Crippen LogP contribution in [0.5, 0.6) is 17.4 Å². The first-order valence-electron chi connectivity index (χ1n) is 9.78. The van der Waals surface area contributed by atoms with Crippen LogP contribution in [-0.4, -0.2) is 16.8 Å². The summed E-state index contributed by atoms with van der Waals surface area (Å²) in [5.74, 6) is 1.25. The van der Waals surface area contributed by atoms with Gasteiger partial charge in [-0.1, -0.05) is 34.1 Å². The van der Waals surface area contributed by atoms with Gasteiger partial charge in [0.2, 0.25) is 11.8 Å². The Morgan fingerprint density at radius 2 is 1.97 bits per heavy atom. The topological polar surface area (TPSA) is 106 Å². The summed E-state index contributed by atoms with van der Waals surface area (Å²) < 4.78 is 18.4. The van der Waals surface area contributed by atoms with Gasteiger partial charge in [0, 0.05) is 15.7 Å². The molecule has 0 unspecified atom stereocenters. The predicted octanol–water partition coefficient (Wildman–Crippen LogP) is 4.68. The van der Waals surface area contributed by atoms with E-state index in [4.69, 9.17) is 19.9 Å². The summed E-state index contributed by atoms with van der Waals surface area (Å²) in [5.41, 5.74) is 9.83. The number of aromatic nitrogens is 2. The number of hydrogen-bond acceptors (Lipinski definition) is 6. The molecule has 1 atom stereocenters. The number of allylic oxidation sites excluding steroid dienone is 1. The van der Waals surface area contributed by atoms with E-state index in [0.717, 1.165) is 26.9 Å². The van der Waals surface area contributed by atoms with Crippen LogP contribution in [0.15, 0.2) is 58.4 Å². The summed E-state index contributed by atoms with van der Waals surface area (Å²) in [5, 5.41) is 16.8. The van der Waals surface area contributed by atoms with Crippen LogP contribution >= 0.6 is 15.9 Å². The van der Waals surface area contributed by atoms with Gasteiger partial charge in [-0.15, -0.1) is 5.10 Å². The zero-order valence-corrected chi connectivity index (χ0v) is 18.7. The second-order valence-corrected chi connectivity index (χ2v) is 7.96. The third-order valence-corrected chi connectivity index (χ3v) is 5.57. The number of ether oxygens (including phenoxy) is 3. The SMILES string of the molecule is CCOc1cc([C@@H]2C(C#N)=C(N)Oc3n[nH]c(C)c32)ccc1OCc1ccc(Br)cc1. The molecule has 0 fully saturated rings. The molecule has 0 radical (unpaired) electrons. The van der Waals surface area contributed by atoms with E-state index in [0.29, 0.717) is 36.2 Å². The lowest BCUT2D eigenvalue weighted by Crippen LogP contribution is -2.21. The lowest BCUT2D eigenvalue weighted by atomic mass is 9.84. The number of halogens is 1. The highest BCUT2D eigenvalue weighted by Crippen LogP contribution is 2.44. The predicted molar refractivity (Wildman–Crippen MR) is 119 cm³/mol. The number of nitriles is 1. The number of rotatable bonds is 6. The van der Waals surface area contributed by atoms with Crippen LogP contribution in [0.1, 0.15) is 35.2 Å². The van der Waals surface area contributed by atoms with E-state index >= 15 is 0 Å². The second-order valence-electron chi connectivity index (χ2n) is 7.05. The van der Waals surface area contributed by atoms with Crippen LogP contribution in [-0.2, 0) is 6.61 Å². The molecule has 0 saturated heterocycles. The van der Waals surface area contributed by atoms with Crippen molar-refractivity contribution in [3.63, 3.8) is 0 Å². The van der Waals surface area contributed by atoms with Gasteiger partial charge in [0.25, 0.3) is 0 Å². The average Bonchev–Trinajstić information content (AvgIpc) is 3.13. The fourth-order valence-corrected chi connectivity index (χ4v) is 3.83. The van der Waals surface area contributed by atoms with Crippen molar-refractivity contribution in [3.8, 4) is 23.4 Å². The van der Waals surface area contributed by atoms with Crippen LogP contribution in [0.3, 0.4) is 0 Å². The van der Waals surface area contributed by atoms with E-state index in [1.54, 1.807) is 0 Å². The molecule has 31 heavy (non-hydrogen) atoms. The zero-order chi connectivity index (χ0) is 22.0. The fraction of sp³-hybridized carbons (Fsp3) is 0.217. The minimum Gasteiger partial charge on any atom is -0.490 e. The monoisotopic (exact) mass is 480 g/mol. The molecule has 2 aromatic carbocycles. The first-order valence-corrected chi connectivity index (χ1v) is 10.6. The Kier molecular flexibility index (Phi) is 5.87. The summed E-state index contributed by atoms with van der Waals surface area (Å²) in [6.45, 7) is 4.69. The molecule has 3 N–H and O–H groups in total. The molecule has 8 heteroatoms. The van der Waals surface area contributed by atoms with Gasteiger partial charge in [-0.25, -0.2) is 0 Å². The maximum Gasteiger partial charge on any atom is 0.244 e. The highest BCUT2D eigenvalue weighted by atomic mass is 79.9. The Morgan fingerprint density at radius 1 is 1.19 bits per heavy atom. The second kappa shape index (κ2) is 8.74. The van der Waals surface area contributed by atoms with E-state index in [-0.39, 0.29) is 5.88 Å². The van der Waals surface area contributed by atoms with Crippen LogP contribution in [0.25, 0.3) is 0 Å². The fourth-order valence-electron chi connectivity index (χ4n) is 3.57. The normalized spacial score (nSPS) is 15.1. The Balaban J connectivity index is 1.69. The molecule has 4 rings (SSSR count). The van der Waals surface area contributed by atoms with Crippen molar-refractivity contribution >= 4 is 15.9 Å². The molecule has 1 aromatic heterocycles. The van der Waals surface area contributed by atoms with Crippen molar-refractivity contribution in [2.45, 2.75) is 26.4 Å². The Bertz CT molecular complexity index is 1180. The summed E-state index contributed by atoms with van der Waals surface area (Å²) in [6, 6.07) is 15.8. The summed E-state index contributed by atoms with van der Waals surface area (Å²) >= 11 is 3.44. The van der Waals surface area contributed by atoms with Gasteiger partial charge in [-0.3, -0.25) is 5.10 Å². The van der Waals surface area contributed by atoms with Crippen molar-refractivity contribution in [1.82, 2.24) is 10.2 Å².